The van der Waals surface area contributed by atoms with Gasteiger partial charge in [-0.15, -0.1) is 0 Å². The highest BCUT2D eigenvalue weighted by Gasteiger charge is 2.46. The average molecular weight is 497 g/mol. The Morgan fingerprint density at radius 1 is 1.00 bits per heavy atom. The lowest BCUT2D eigenvalue weighted by Crippen LogP contribution is -2.35. The van der Waals surface area contributed by atoms with Gasteiger partial charge < -0.3 is 33.9 Å². The number of nitrogens with zero attached hydrogens (tertiary/aromatic N) is 2. The largest absolute Gasteiger partial charge is 0.507 e. The van der Waals surface area contributed by atoms with Gasteiger partial charge >= 0.3 is 0 Å². The molecular formula is C27H32N2O7. The van der Waals surface area contributed by atoms with Crippen molar-refractivity contribution in [1.29, 1.82) is 0 Å². The van der Waals surface area contributed by atoms with Crippen LogP contribution >= 0.6 is 0 Å². The smallest absolute Gasteiger partial charge is 0.295 e. The van der Waals surface area contributed by atoms with E-state index >= 15 is 0 Å². The molecule has 0 saturated carbocycles. The third-order valence-electron chi connectivity index (χ3n) is 6.03. The van der Waals surface area contributed by atoms with Crippen LogP contribution in [0.15, 0.2) is 42.0 Å². The molecule has 0 aliphatic carbocycles. The van der Waals surface area contributed by atoms with Gasteiger partial charge in [0.1, 0.15) is 19.0 Å². The van der Waals surface area contributed by atoms with Gasteiger partial charge in [-0.05, 0) is 63.8 Å². The number of hydrogen-bond acceptors (Lipinski definition) is 8. The maximum Gasteiger partial charge on any atom is 0.295 e. The number of fused-ring (bicyclic) bond motifs is 1. The fourth-order valence-electron chi connectivity index (χ4n) is 4.35. The quantitative estimate of drug-likeness (QED) is 0.321. The summed E-state index contributed by atoms with van der Waals surface area (Å²) < 4.78 is 22.7. The summed E-state index contributed by atoms with van der Waals surface area (Å²) in [6.07, 6.45) is 0. The van der Waals surface area contributed by atoms with E-state index < -0.39 is 17.7 Å². The molecule has 0 unspecified atom stereocenters. The first-order valence-electron chi connectivity index (χ1n) is 12.1. The highest BCUT2D eigenvalue weighted by Crippen LogP contribution is 2.43. The molecule has 0 radical (unpaired) electrons. The summed E-state index contributed by atoms with van der Waals surface area (Å²) >= 11 is 0. The lowest BCUT2D eigenvalue weighted by atomic mass is 9.94. The molecule has 9 heteroatoms. The number of likely N-dealkylation sites (tertiary alicyclic amines) is 1. The maximum absolute atomic E-state index is 13.3. The van der Waals surface area contributed by atoms with E-state index in [4.69, 9.17) is 18.9 Å². The van der Waals surface area contributed by atoms with Crippen LogP contribution in [0.25, 0.3) is 5.76 Å². The van der Waals surface area contributed by atoms with Crippen molar-refractivity contribution in [2.75, 3.05) is 53.6 Å². The molecule has 9 nitrogen and oxygen atoms in total. The first-order chi connectivity index (χ1) is 17.3. The van der Waals surface area contributed by atoms with Crippen molar-refractivity contribution in [1.82, 2.24) is 9.80 Å². The standard InChI is InChI=1S/C27H32N2O7/c1-5-33-19-9-7-17(15-21(19)34-6-2)24-23(26(31)27(32)29(24)12-11-28(3)4)25(30)18-8-10-20-22(16-18)36-14-13-35-20/h7-10,15-16,24,30H,5-6,11-14H2,1-4H3/t24-/m0/s1. The molecule has 2 aliphatic heterocycles. The molecule has 2 heterocycles. The van der Waals surface area contributed by atoms with Gasteiger partial charge in [-0.1, -0.05) is 6.07 Å². The second kappa shape index (κ2) is 10.9. The third-order valence-corrected chi connectivity index (χ3v) is 6.03. The molecule has 2 aromatic rings. The van der Waals surface area contributed by atoms with Crippen LogP contribution < -0.4 is 18.9 Å². The van der Waals surface area contributed by atoms with E-state index in [1.807, 2.05) is 32.8 Å². The van der Waals surface area contributed by atoms with Crippen molar-refractivity contribution in [3.05, 3.63) is 53.1 Å². The second-order valence-electron chi connectivity index (χ2n) is 8.73. The van der Waals surface area contributed by atoms with Gasteiger partial charge in [0.25, 0.3) is 11.7 Å². The molecule has 1 N–H and O–H groups in total. The van der Waals surface area contributed by atoms with Crippen LogP contribution in [-0.4, -0.2) is 80.2 Å². The number of carbonyl (C=O) groups is 2. The summed E-state index contributed by atoms with van der Waals surface area (Å²) in [4.78, 5) is 29.9. The molecule has 0 aromatic heterocycles. The molecule has 0 spiro atoms. The monoisotopic (exact) mass is 496 g/mol. The lowest BCUT2D eigenvalue weighted by Gasteiger charge is -2.27. The van der Waals surface area contributed by atoms with Crippen molar-refractivity contribution in [3.63, 3.8) is 0 Å². The number of rotatable bonds is 9. The fourth-order valence-corrected chi connectivity index (χ4v) is 4.35. The topological polar surface area (TPSA) is 97.8 Å². The van der Waals surface area contributed by atoms with E-state index in [-0.39, 0.29) is 11.3 Å². The molecule has 0 bridgehead atoms. The average Bonchev–Trinajstić information content (AvgIpc) is 3.13. The van der Waals surface area contributed by atoms with Gasteiger partial charge in [-0.25, -0.2) is 0 Å². The van der Waals surface area contributed by atoms with Crippen molar-refractivity contribution in [2.45, 2.75) is 19.9 Å². The third kappa shape index (κ3) is 4.97. The predicted molar refractivity (Wildman–Crippen MR) is 134 cm³/mol. The number of aliphatic hydroxyl groups is 1. The normalized spacial score (nSPS) is 18.6. The number of likely N-dealkylation sites (N-methyl/N-ethyl adjacent to an activating group) is 1. The summed E-state index contributed by atoms with van der Waals surface area (Å²) in [5.74, 6) is 0.451. The lowest BCUT2D eigenvalue weighted by molar-refractivity contribution is -0.140. The fraction of sp³-hybridized carbons (Fsp3) is 0.407. The molecule has 36 heavy (non-hydrogen) atoms. The van der Waals surface area contributed by atoms with Gasteiger partial charge in [0, 0.05) is 18.7 Å². The zero-order valence-corrected chi connectivity index (χ0v) is 21.1. The van der Waals surface area contributed by atoms with Crippen LogP contribution in [0.4, 0.5) is 0 Å². The first kappa shape index (κ1) is 25.4. The number of benzene rings is 2. The van der Waals surface area contributed by atoms with Crippen LogP contribution in [0, 0.1) is 0 Å². The zero-order valence-electron chi connectivity index (χ0n) is 21.1. The Labute approximate surface area is 210 Å². The summed E-state index contributed by atoms with van der Waals surface area (Å²) in [6.45, 7) is 6.31. The SMILES string of the molecule is CCOc1ccc([C@H]2C(=C(O)c3ccc4c(c3)OCCO4)C(=O)C(=O)N2CCN(C)C)cc1OCC. The highest BCUT2D eigenvalue weighted by atomic mass is 16.6. The molecule has 1 saturated heterocycles. The Balaban J connectivity index is 1.84. The number of Topliss-reactive ketones (excluding diaryl/α,β-unsaturated/α-hetero) is 1. The molecule has 2 aromatic carbocycles. The van der Waals surface area contributed by atoms with E-state index in [1.54, 1.807) is 36.4 Å². The second-order valence-corrected chi connectivity index (χ2v) is 8.73. The Morgan fingerprint density at radius 2 is 1.69 bits per heavy atom. The molecular weight excluding hydrogens is 464 g/mol. The van der Waals surface area contributed by atoms with Crippen LogP contribution in [0.2, 0.25) is 0 Å². The molecule has 1 fully saturated rings. The van der Waals surface area contributed by atoms with E-state index in [2.05, 4.69) is 0 Å². The minimum atomic E-state index is -0.798. The molecule has 1 atom stereocenters. The minimum Gasteiger partial charge on any atom is -0.507 e. The van der Waals surface area contributed by atoms with Crippen LogP contribution in [0.5, 0.6) is 23.0 Å². The minimum absolute atomic E-state index is 0.0158. The van der Waals surface area contributed by atoms with Crippen molar-refractivity contribution >= 4 is 17.4 Å². The highest BCUT2D eigenvalue weighted by molar-refractivity contribution is 6.46. The van der Waals surface area contributed by atoms with E-state index in [1.165, 1.54) is 4.90 Å². The summed E-state index contributed by atoms with van der Waals surface area (Å²) in [5.41, 5.74) is 1.02. The number of ketones is 1. The Kier molecular flexibility index (Phi) is 7.69. The predicted octanol–water partition coefficient (Wildman–Crippen LogP) is 3.24. The van der Waals surface area contributed by atoms with E-state index in [9.17, 15) is 14.7 Å². The molecule has 4 rings (SSSR count). The Hall–Kier alpha value is -3.72. The van der Waals surface area contributed by atoms with Gasteiger partial charge in [0.15, 0.2) is 23.0 Å². The van der Waals surface area contributed by atoms with Crippen LogP contribution in [0.3, 0.4) is 0 Å². The zero-order chi connectivity index (χ0) is 25.8. The number of aliphatic hydroxyl groups excluding tert-OH is 1. The molecule has 2 aliphatic rings. The Morgan fingerprint density at radius 3 is 2.39 bits per heavy atom. The van der Waals surface area contributed by atoms with Gasteiger partial charge in [-0.2, -0.15) is 0 Å². The van der Waals surface area contributed by atoms with E-state index in [0.29, 0.717) is 73.6 Å². The van der Waals surface area contributed by atoms with Crippen LogP contribution in [0.1, 0.15) is 31.0 Å². The van der Waals surface area contributed by atoms with Crippen molar-refractivity contribution < 1.29 is 33.6 Å². The Bertz CT molecular complexity index is 1170. The van der Waals surface area contributed by atoms with E-state index in [0.717, 1.165) is 0 Å². The number of ether oxygens (including phenoxy) is 4. The maximum atomic E-state index is 13.3. The summed E-state index contributed by atoms with van der Waals surface area (Å²) in [7, 11) is 3.79. The van der Waals surface area contributed by atoms with Gasteiger partial charge in [0.2, 0.25) is 0 Å². The number of carbonyl (C=O) groups excluding carboxylic acids is 2. The summed E-state index contributed by atoms with van der Waals surface area (Å²) in [6, 6.07) is 9.49. The van der Waals surface area contributed by atoms with Gasteiger partial charge in [-0.3, -0.25) is 9.59 Å². The molecule has 192 valence electrons. The van der Waals surface area contributed by atoms with Crippen LogP contribution in [-0.2, 0) is 9.59 Å². The van der Waals surface area contributed by atoms with Crippen molar-refractivity contribution in [3.8, 4) is 23.0 Å². The van der Waals surface area contributed by atoms with Crippen molar-refractivity contribution in [2.24, 2.45) is 0 Å². The summed E-state index contributed by atoms with van der Waals surface area (Å²) in [5, 5.41) is 11.4. The number of amides is 1. The first-order valence-corrected chi connectivity index (χ1v) is 12.1. The van der Waals surface area contributed by atoms with Gasteiger partial charge in [0.05, 0.1) is 24.8 Å². The molecule has 1 amide bonds. The number of hydrogen-bond donors (Lipinski definition) is 1.